The summed E-state index contributed by atoms with van der Waals surface area (Å²) in [5.41, 5.74) is 4.31. The highest BCUT2D eigenvalue weighted by Crippen LogP contribution is 2.36. The Morgan fingerprint density at radius 2 is 1.76 bits per heavy atom. The molecule has 1 atom stereocenters. The second-order valence-electron chi connectivity index (χ2n) is 6.62. The number of ether oxygens (including phenoxy) is 1. The molecule has 118 valence electrons. The lowest BCUT2D eigenvalue weighted by molar-refractivity contribution is 0.196. The van der Waals surface area contributed by atoms with Gasteiger partial charge in [-0.15, -0.1) is 0 Å². The first-order chi connectivity index (χ1) is 10.2. The molecular weight excluding hydrogens is 258 g/mol. The molecule has 0 spiro atoms. The minimum Gasteiger partial charge on any atom is -0.383 e. The predicted octanol–water partition coefficient (Wildman–Crippen LogP) is 4.20. The Bertz CT molecular complexity index is 403. The third kappa shape index (κ3) is 5.12. The minimum absolute atomic E-state index is 0.653. The molecule has 2 nitrogen and oxygen atoms in total. The minimum atomic E-state index is 0.653. The molecule has 0 saturated heterocycles. The van der Waals surface area contributed by atoms with Crippen LogP contribution in [-0.2, 0) is 4.74 Å². The zero-order valence-electron chi connectivity index (χ0n) is 14.0. The fourth-order valence-corrected chi connectivity index (χ4v) is 3.75. The molecule has 21 heavy (non-hydrogen) atoms. The smallest absolute Gasteiger partial charge is 0.0587 e. The van der Waals surface area contributed by atoms with Crippen LogP contribution < -0.4 is 5.32 Å². The predicted molar refractivity (Wildman–Crippen MR) is 90.0 cm³/mol. The lowest BCUT2D eigenvalue weighted by Gasteiger charge is -2.31. The molecule has 0 aromatic heterocycles. The monoisotopic (exact) mass is 289 g/mol. The van der Waals surface area contributed by atoms with E-state index < -0.39 is 0 Å². The van der Waals surface area contributed by atoms with Gasteiger partial charge in [0, 0.05) is 20.2 Å². The van der Waals surface area contributed by atoms with Gasteiger partial charge >= 0.3 is 0 Å². The lowest BCUT2D eigenvalue weighted by Crippen LogP contribution is -2.30. The Kier molecular flexibility index (Phi) is 6.72. The van der Waals surface area contributed by atoms with E-state index in [0.717, 1.165) is 25.6 Å². The quantitative estimate of drug-likeness (QED) is 0.759. The van der Waals surface area contributed by atoms with Gasteiger partial charge in [-0.25, -0.2) is 0 Å². The molecule has 1 unspecified atom stereocenters. The van der Waals surface area contributed by atoms with Crippen molar-refractivity contribution >= 4 is 0 Å². The lowest BCUT2D eigenvalue weighted by atomic mass is 9.76. The van der Waals surface area contributed by atoms with Crippen molar-refractivity contribution in [3.05, 3.63) is 34.9 Å². The van der Waals surface area contributed by atoms with Crippen LogP contribution >= 0.6 is 0 Å². The van der Waals surface area contributed by atoms with Crippen LogP contribution in [0.25, 0.3) is 0 Å². The third-order valence-electron chi connectivity index (χ3n) is 4.74. The summed E-state index contributed by atoms with van der Waals surface area (Å²) in [5.74, 6) is 1.50. The van der Waals surface area contributed by atoms with Crippen molar-refractivity contribution in [3.63, 3.8) is 0 Å². The summed E-state index contributed by atoms with van der Waals surface area (Å²) < 4.78 is 5.15. The maximum atomic E-state index is 5.15. The van der Waals surface area contributed by atoms with Crippen LogP contribution in [0.3, 0.4) is 0 Å². The van der Waals surface area contributed by atoms with Gasteiger partial charge in [-0.05, 0) is 44.1 Å². The van der Waals surface area contributed by atoms with E-state index in [4.69, 9.17) is 4.74 Å². The van der Waals surface area contributed by atoms with Crippen LogP contribution in [0.1, 0.15) is 54.7 Å². The molecule has 2 rings (SSSR count). The summed E-state index contributed by atoms with van der Waals surface area (Å²) in [4.78, 5) is 0. The van der Waals surface area contributed by atoms with Gasteiger partial charge in [0.1, 0.15) is 0 Å². The Balaban J connectivity index is 2.09. The van der Waals surface area contributed by atoms with E-state index in [-0.39, 0.29) is 0 Å². The van der Waals surface area contributed by atoms with E-state index in [9.17, 15) is 0 Å². The SMILES string of the molecule is COCCNCC(c1cc(C)cc(C)c1)C1CCCCC1. The van der Waals surface area contributed by atoms with E-state index in [0.29, 0.717) is 5.92 Å². The van der Waals surface area contributed by atoms with Crippen LogP contribution in [0.2, 0.25) is 0 Å². The molecule has 1 aromatic carbocycles. The first-order valence-corrected chi connectivity index (χ1v) is 8.48. The summed E-state index contributed by atoms with van der Waals surface area (Å²) >= 11 is 0. The van der Waals surface area contributed by atoms with Gasteiger partial charge in [0.25, 0.3) is 0 Å². The number of hydrogen-bond acceptors (Lipinski definition) is 2. The van der Waals surface area contributed by atoms with E-state index in [1.54, 1.807) is 7.11 Å². The van der Waals surface area contributed by atoms with Crippen molar-refractivity contribution in [2.24, 2.45) is 5.92 Å². The normalized spacial score (nSPS) is 17.9. The highest BCUT2D eigenvalue weighted by atomic mass is 16.5. The van der Waals surface area contributed by atoms with E-state index in [1.165, 1.54) is 48.8 Å². The van der Waals surface area contributed by atoms with Gasteiger partial charge in [0.2, 0.25) is 0 Å². The van der Waals surface area contributed by atoms with Crippen LogP contribution in [0, 0.1) is 19.8 Å². The van der Waals surface area contributed by atoms with Crippen molar-refractivity contribution < 1.29 is 4.74 Å². The molecule has 1 aliphatic rings. The topological polar surface area (TPSA) is 21.3 Å². The maximum Gasteiger partial charge on any atom is 0.0587 e. The van der Waals surface area contributed by atoms with Crippen LogP contribution in [0.4, 0.5) is 0 Å². The molecule has 0 heterocycles. The van der Waals surface area contributed by atoms with E-state index >= 15 is 0 Å². The third-order valence-corrected chi connectivity index (χ3v) is 4.74. The highest BCUT2D eigenvalue weighted by Gasteiger charge is 2.25. The van der Waals surface area contributed by atoms with Crippen molar-refractivity contribution in [3.8, 4) is 0 Å². The summed E-state index contributed by atoms with van der Waals surface area (Å²) in [6, 6.07) is 7.06. The van der Waals surface area contributed by atoms with Crippen molar-refractivity contribution in [1.29, 1.82) is 0 Å². The molecule has 1 N–H and O–H groups in total. The molecule has 1 aromatic rings. The molecule has 0 radical (unpaired) electrons. The number of aryl methyl sites for hydroxylation is 2. The summed E-state index contributed by atoms with van der Waals surface area (Å²) in [5, 5.41) is 3.60. The molecule has 1 fully saturated rings. The molecule has 0 amide bonds. The summed E-state index contributed by atoms with van der Waals surface area (Å²) in [7, 11) is 1.77. The Morgan fingerprint density at radius 3 is 2.38 bits per heavy atom. The highest BCUT2D eigenvalue weighted by molar-refractivity contribution is 5.31. The van der Waals surface area contributed by atoms with Gasteiger partial charge in [0.05, 0.1) is 6.61 Å². The van der Waals surface area contributed by atoms with Crippen LogP contribution in [0.5, 0.6) is 0 Å². The van der Waals surface area contributed by atoms with Gasteiger partial charge in [-0.2, -0.15) is 0 Å². The molecule has 0 bridgehead atoms. The van der Waals surface area contributed by atoms with Gasteiger partial charge in [-0.3, -0.25) is 0 Å². The molecular formula is C19H31NO. The molecule has 2 heteroatoms. The zero-order chi connectivity index (χ0) is 15.1. The molecule has 1 saturated carbocycles. The largest absolute Gasteiger partial charge is 0.383 e. The van der Waals surface area contributed by atoms with E-state index in [2.05, 4.69) is 37.4 Å². The second kappa shape index (κ2) is 8.55. The first kappa shape index (κ1) is 16.5. The average Bonchev–Trinajstić information content (AvgIpc) is 2.47. The van der Waals surface area contributed by atoms with Gasteiger partial charge in [0.15, 0.2) is 0 Å². The average molecular weight is 289 g/mol. The summed E-state index contributed by atoms with van der Waals surface area (Å²) in [6.45, 7) is 7.26. The Morgan fingerprint density at radius 1 is 1.10 bits per heavy atom. The van der Waals surface area contributed by atoms with Crippen molar-refractivity contribution in [2.75, 3.05) is 26.8 Å². The maximum absolute atomic E-state index is 5.15. The van der Waals surface area contributed by atoms with E-state index in [1.807, 2.05) is 0 Å². The number of benzene rings is 1. The zero-order valence-corrected chi connectivity index (χ0v) is 14.0. The second-order valence-corrected chi connectivity index (χ2v) is 6.62. The fraction of sp³-hybridized carbons (Fsp3) is 0.684. The fourth-order valence-electron chi connectivity index (χ4n) is 3.75. The molecule has 1 aliphatic carbocycles. The van der Waals surface area contributed by atoms with Crippen molar-refractivity contribution in [2.45, 2.75) is 51.9 Å². The number of hydrogen-bond donors (Lipinski definition) is 1. The summed E-state index contributed by atoms with van der Waals surface area (Å²) in [6.07, 6.45) is 7.02. The van der Waals surface area contributed by atoms with Crippen LogP contribution in [-0.4, -0.2) is 26.8 Å². The number of methoxy groups -OCH3 is 1. The van der Waals surface area contributed by atoms with Crippen molar-refractivity contribution in [1.82, 2.24) is 5.32 Å². The first-order valence-electron chi connectivity index (χ1n) is 8.48. The van der Waals surface area contributed by atoms with Gasteiger partial charge < -0.3 is 10.1 Å². The Labute approximate surface area is 130 Å². The molecule has 0 aliphatic heterocycles. The Hall–Kier alpha value is -0.860. The number of rotatable bonds is 7. The standard InChI is InChI=1S/C19H31NO/c1-15-11-16(2)13-18(12-15)19(14-20-9-10-21-3)17-7-5-4-6-8-17/h11-13,17,19-20H,4-10,14H2,1-3H3. The van der Waals surface area contributed by atoms with Gasteiger partial charge in [-0.1, -0.05) is 48.6 Å². The number of nitrogens with one attached hydrogen (secondary N) is 1. The van der Waals surface area contributed by atoms with Crippen LogP contribution in [0.15, 0.2) is 18.2 Å².